The maximum Gasteiger partial charge on any atom is 0.257 e. The van der Waals surface area contributed by atoms with E-state index in [0.717, 1.165) is 22.5 Å². The molecule has 4 aromatic rings. The van der Waals surface area contributed by atoms with Gasteiger partial charge in [0.1, 0.15) is 37.2 Å². The van der Waals surface area contributed by atoms with Crippen LogP contribution >= 0.6 is 11.6 Å². The molecule has 1 amide bonds. The van der Waals surface area contributed by atoms with Crippen molar-refractivity contribution in [3.63, 3.8) is 0 Å². The van der Waals surface area contributed by atoms with Crippen LogP contribution in [0.15, 0.2) is 30.5 Å². The van der Waals surface area contributed by atoms with Gasteiger partial charge < -0.3 is 9.88 Å². The van der Waals surface area contributed by atoms with E-state index in [0.29, 0.717) is 5.52 Å². The van der Waals surface area contributed by atoms with E-state index in [2.05, 4.69) is 20.5 Å². The molecule has 0 unspecified atom stereocenters. The highest BCUT2D eigenvalue weighted by atomic mass is 35.5. The fraction of sp³-hybridized carbons (Fsp3) is 0.100. The molecule has 4 rings (SSSR count). The zero-order chi connectivity index (χ0) is 22.4. The monoisotopic (exact) mass is 417 g/mol. The number of fused-ring (bicyclic) bond motifs is 1. The van der Waals surface area contributed by atoms with Crippen molar-refractivity contribution in [1.82, 2.24) is 19.7 Å². The Morgan fingerprint density at radius 1 is 1.03 bits per heavy atom. The van der Waals surface area contributed by atoms with E-state index in [1.54, 1.807) is 12.3 Å². The zero-order valence-electron chi connectivity index (χ0n) is 16.8. The third-order valence-electron chi connectivity index (χ3n) is 5.17. The van der Waals surface area contributed by atoms with Crippen molar-refractivity contribution in [1.29, 1.82) is 0 Å². The highest BCUT2D eigenvalue weighted by molar-refractivity contribution is 6.66. The number of nitrogens with zero attached hydrogens (tertiary/aromatic N) is 4. The average Bonchev–Trinajstić information content (AvgIpc) is 3.09. The van der Waals surface area contributed by atoms with Crippen LogP contribution in [-0.2, 0) is 7.05 Å². The quantitative estimate of drug-likeness (QED) is 0.453. The molecule has 0 saturated heterocycles. The minimum Gasteiger partial charge on any atom is -0.331 e. The number of rotatable bonds is 3. The Morgan fingerprint density at radius 2 is 1.74 bits per heavy atom. The van der Waals surface area contributed by atoms with E-state index in [-0.39, 0.29) is 38.3 Å². The van der Waals surface area contributed by atoms with Crippen LogP contribution in [0.5, 0.6) is 0 Å². The molecular weight excluding hydrogens is 405 g/mol. The topological polar surface area (TPSA) is 72.7 Å². The molecule has 0 aliphatic carbocycles. The van der Waals surface area contributed by atoms with Gasteiger partial charge in [0.05, 0.1) is 23.0 Å². The molecule has 0 spiro atoms. The molecule has 0 saturated carbocycles. The van der Waals surface area contributed by atoms with Crippen molar-refractivity contribution in [3.05, 3.63) is 46.9 Å². The van der Waals surface area contributed by atoms with Gasteiger partial charge in [0, 0.05) is 23.0 Å². The van der Waals surface area contributed by atoms with Gasteiger partial charge >= 0.3 is 0 Å². The molecule has 0 atom stereocenters. The summed E-state index contributed by atoms with van der Waals surface area (Å²) in [7, 11) is 25.3. The van der Waals surface area contributed by atoms with E-state index in [9.17, 15) is 4.79 Å². The van der Waals surface area contributed by atoms with Gasteiger partial charge in [0.2, 0.25) is 0 Å². The summed E-state index contributed by atoms with van der Waals surface area (Å²) in [4.78, 5) is 17.2. The van der Waals surface area contributed by atoms with Gasteiger partial charge in [-0.05, 0) is 25.1 Å². The molecule has 1 N–H and O–H groups in total. The van der Waals surface area contributed by atoms with Crippen LogP contribution in [0.2, 0.25) is 5.02 Å². The molecular formula is C20H12B4ClN5O. The van der Waals surface area contributed by atoms with Gasteiger partial charge in [0.15, 0.2) is 5.82 Å². The molecule has 6 nitrogen and oxygen atoms in total. The number of amides is 1. The van der Waals surface area contributed by atoms with Crippen LogP contribution in [-0.4, -0.2) is 57.0 Å². The summed E-state index contributed by atoms with van der Waals surface area (Å²) in [6, 6.07) is 7.42. The van der Waals surface area contributed by atoms with Crippen LogP contribution in [0.25, 0.3) is 22.2 Å². The molecule has 2 aromatic carbocycles. The summed E-state index contributed by atoms with van der Waals surface area (Å²) >= 11 is 6.19. The molecule has 142 valence electrons. The Labute approximate surface area is 189 Å². The SMILES string of the molecule is [B]c1c([B])c([B])c(C(=O)Nc2cc3cc(-c4cnc(C)n4C)ccc3nn2)c(Cl)c1[B]. The van der Waals surface area contributed by atoms with Crippen LogP contribution in [0.4, 0.5) is 5.82 Å². The number of aromatic nitrogens is 4. The average molecular weight is 417 g/mol. The highest BCUT2D eigenvalue weighted by Crippen LogP contribution is 2.25. The summed E-state index contributed by atoms with van der Waals surface area (Å²) in [5.74, 6) is 0.473. The first-order valence-electron chi connectivity index (χ1n) is 9.18. The minimum absolute atomic E-state index is 0.00671. The smallest absolute Gasteiger partial charge is 0.257 e. The normalized spacial score (nSPS) is 11.1. The van der Waals surface area contributed by atoms with E-state index in [1.807, 2.05) is 36.7 Å². The molecule has 0 fully saturated rings. The van der Waals surface area contributed by atoms with Crippen molar-refractivity contribution in [2.75, 3.05) is 5.32 Å². The van der Waals surface area contributed by atoms with Crippen molar-refractivity contribution in [2.45, 2.75) is 6.92 Å². The minimum atomic E-state index is -0.632. The summed E-state index contributed by atoms with van der Waals surface area (Å²) in [5.41, 5.74) is 2.44. The summed E-state index contributed by atoms with van der Waals surface area (Å²) in [5, 5.41) is 11.5. The lowest BCUT2D eigenvalue weighted by Gasteiger charge is -2.18. The standard InChI is InChI=1S/C20H12B4ClN5O/c1-8-26-7-12(30(8)2)9-3-4-11-10(5-9)6-13(29-28-11)27-20(31)14-15(21)16(22)17(23)18(24)19(14)25/h3-7H,1-2H3,(H,27,29,31). The lowest BCUT2D eigenvalue weighted by Crippen LogP contribution is -2.50. The summed E-state index contributed by atoms with van der Waals surface area (Å²) in [6.07, 6.45) is 1.80. The van der Waals surface area contributed by atoms with E-state index >= 15 is 0 Å². The maximum atomic E-state index is 12.8. The molecule has 0 bridgehead atoms. The van der Waals surface area contributed by atoms with Crippen LogP contribution in [0, 0.1) is 6.92 Å². The van der Waals surface area contributed by atoms with Gasteiger partial charge in [-0.15, -0.1) is 21.1 Å². The number of carbonyl (C=O) groups excluding carboxylic acids is 1. The van der Waals surface area contributed by atoms with E-state index < -0.39 is 5.91 Å². The summed E-state index contributed by atoms with van der Waals surface area (Å²) in [6.45, 7) is 1.93. The van der Waals surface area contributed by atoms with Crippen molar-refractivity contribution in [3.8, 4) is 11.3 Å². The first kappa shape index (κ1) is 21.2. The predicted molar refractivity (Wildman–Crippen MR) is 127 cm³/mol. The van der Waals surface area contributed by atoms with Gasteiger partial charge in [-0.1, -0.05) is 28.6 Å². The second-order valence-corrected chi connectivity index (χ2v) is 7.43. The number of nitrogens with one attached hydrogen (secondary N) is 1. The molecule has 11 heteroatoms. The number of halogens is 1. The Balaban J connectivity index is 1.71. The first-order chi connectivity index (χ1) is 14.7. The van der Waals surface area contributed by atoms with Gasteiger partial charge in [-0.2, -0.15) is 0 Å². The molecule has 2 aromatic heterocycles. The number of hydrogen-bond acceptors (Lipinski definition) is 4. The first-order valence-corrected chi connectivity index (χ1v) is 9.55. The number of imidazole rings is 1. The number of aryl methyl sites for hydroxylation is 1. The Kier molecular flexibility index (Phi) is 5.43. The molecule has 0 aliphatic heterocycles. The lowest BCUT2D eigenvalue weighted by atomic mass is 9.65. The predicted octanol–water partition coefficient (Wildman–Crippen LogP) is -0.580. The molecule has 0 aliphatic rings. The second-order valence-electron chi connectivity index (χ2n) is 7.05. The molecule has 2 heterocycles. The third kappa shape index (κ3) is 3.65. The fourth-order valence-electron chi connectivity index (χ4n) is 3.23. The Morgan fingerprint density at radius 3 is 2.42 bits per heavy atom. The van der Waals surface area contributed by atoms with Crippen LogP contribution < -0.4 is 27.2 Å². The maximum absolute atomic E-state index is 12.8. The molecule has 8 radical (unpaired) electrons. The third-order valence-corrected chi connectivity index (χ3v) is 5.56. The zero-order valence-corrected chi connectivity index (χ0v) is 17.5. The van der Waals surface area contributed by atoms with Gasteiger partial charge in [-0.3, -0.25) is 4.79 Å². The van der Waals surface area contributed by atoms with Crippen LogP contribution in [0.1, 0.15) is 16.2 Å². The summed E-state index contributed by atoms with van der Waals surface area (Å²) < 4.78 is 1.99. The Bertz CT molecular complexity index is 1340. The van der Waals surface area contributed by atoms with Crippen molar-refractivity contribution >= 4 is 87.5 Å². The number of benzene rings is 2. The van der Waals surface area contributed by atoms with Gasteiger partial charge in [-0.25, -0.2) is 4.98 Å². The Hall–Kier alpha value is -2.99. The van der Waals surface area contributed by atoms with Crippen molar-refractivity contribution in [2.24, 2.45) is 7.05 Å². The van der Waals surface area contributed by atoms with Gasteiger partial charge in [0.25, 0.3) is 5.91 Å². The lowest BCUT2D eigenvalue weighted by molar-refractivity contribution is 0.102. The van der Waals surface area contributed by atoms with Crippen molar-refractivity contribution < 1.29 is 4.79 Å². The van der Waals surface area contributed by atoms with E-state index in [1.165, 1.54) is 0 Å². The largest absolute Gasteiger partial charge is 0.331 e. The van der Waals surface area contributed by atoms with E-state index in [4.69, 9.17) is 43.0 Å². The van der Waals surface area contributed by atoms with Crippen LogP contribution in [0.3, 0.4) is 0 Å². The second kappa shape index (κ2) is 7.93. The molecule has 31 heavy (non-hydrogen) atoms. The number of hydrogen-bond donors (Lipinski definition) is 1. The number of carbonyl (C=O) groups is 1. The highest BCUT2D eigenvalue weighted by Gasteiger charge is 2.19. The number of anilines is 1. The fourth-order valence-corrected chi connectivity index (χ4v) is 3.52.